The number of nitrogens with two attached hydrogens (primary N) is 1. The number of aryl methyl sites for hydroxylation is 1. The van der Waals surface area contributed by atoms with Gasteiger partial charge in [0.1, 0.15) is 18.0 Å². The second-order valence-electron chi connectivity index (χ2n) is 6.92. The number of rotatable bonds is 3. The zero-order valence-electron chi connectivity index (χ0n) is 15.9. The van der Waals surface area contributed by atoms with Crippen molar-refractivity contribution in [2.45, 2.75) is 6.92 Å². The quantitative estimate of drug-likeness (QED) is 0.574. The van der Waals surface area contributed by atoms with Crippen LogP contribution in [-0.4, -0.2) is 29.0 Å². The lowest BCUT2D eigenvalue weighted by Crippen LogP contribution is -2.08. The molecule has 2 aromatic heterocycles. The second-order valence-corrected chi connectivity index (χ2v) is 6.92. The summed E-state index contributed by atoms with van der Waals surface area (Å²) in [7, 11) is 3.98. The van der Waals surface area contributed by atoms with Crippen molar-refractivity contribution in [2.75, 3.05) is 24.7 Å². The van der Waals surface area contributed by atoms with E-state index in [0.717, 1.165) is 28.1 Å². The Morgan fingerprint density at radius 1 is 0.929 bits per heavy atom. The Morgan fingerprint density at radius 2 is 1.64 bits per heavy atom. The Kier molecular flexibility index (Phi) is 4.39. The van der Waals surface area contributed by atoms with E-state index in [1.165, 1.54) is 12.4 Å². The van der Waals surface area contributed by atoms with E-state index >= 15 is 0 Å². The summed E-state index contributed by atoms with van der Waals surface area (Å²) in [5, 5.41) is 0.646. The fraction of sp³-hybridized carbons (Fsp3) is 0.136. The van der Waals surface area contributed by atoms with Crippen LogP contribution in [0.3, 0.4) is 0 Å². The minimum absolute atomic E-state index is 0.260. The van der Waals surface area contributed by atoms with Gasteiger partial charge in [0.15, 0.2) is 5.65 Å². The van der Waals surface area contributed by atoms with Crippen LogP contribution in [0.15, 0.2) is 54.9 Å². The molecule has 0 saturated heterocycles. The average molecular weight is 373 g/mol. The molecule has 0 aliphatic carbocycles. The lowest BCUT2D eigenvalue weighted by molar-refractivity contribution is 0.619. The Bertz CT molecular complexity index is 1170. The standard InChI is InChI=1S/C22H20FN5/c1-13-4-5-15(10-19(13)23)17-11-18-21(24)25-12-26-22(18)27-20(17)14-6-8-16(9-7-14)28(2)3/h4-12H,1-3H3,(H2,24,25,26,27). The number of fused-ring (bicyclic) bond motifs is 1. The van der Waals surface area contributed by atoms with Gasteiger partial charge >= 0.3 is 0 Å². The van der Waals surface area contributed by atoms with Gasteiger partial charge in [-0.1, -0.05) is 24.3 Å². The minimum Gasteiger partial charge on any atom is -0.383 e. The number of halogens is 1. The van der Waals surface area contributed by atoms with Gasteiger partial charge in [0.25, 0.3) is 0 Å². The largest absolute Gasteiger partial charge is 0.383 e. The van der Waals surface area contributed by atoms with Gasteiger partial charge in [-0.05, 0) is 42.3 Å². The first-order chi connectivity index (χ1) is 13.4. The van der Waals surface area contributed by atoms with Gasteiger partial charge in [-0.15, -0.1) is 0 Å². The molecule has 0 amide bonds. The predicted octanol–water partition coefficient (Wildman–Crippen LogP) is 4.45. The van der Waals surface area contributed by atoms with Gasteiger partial charge in [0.05, 0.1) is 11.1 Å². The molecule has 2 N–H and O–H groups in total. The van der Waals surface area contributed by atoms with E-state index in [2.05, 4.69) is 9.97 Å². The number of pyridine rings is 1. The molecule has 0 aliphatic rings. The van der Waals surface area contributed by atoms with Gasteiger partial charge in [0, 0.05) is 30.9 Å². The highest BCUT2D eigenvalue weighted by atomic mass is 19.1. The molecule has 2 aromatic carbocycles. The molecular formula is C22H20FN5. The molecule has 6 heteroatoms. The zero-order chi connectivity index (χ0) is 19.8. The number of nitrogens with zero attached hydrogens (tertiary/aromatic N) is 4. The third-order valence-corrected chi connectivity index (χ3v) is 4.80. The van der Waals surface area contributed by atoms with Crippen LogP contribution >= 0.6 is 0 Å². The Labute approximate surface area is 162 Å². The molecule has 0 saturated carbocycles. The monoisotopic (exact) mass is 373 g/mol. The van der Waals surface area contributed by atoms with Crippen molar-refractivity contribution < 1.29 is 4.39 Å². The second kappa shape index (κ2) is 6.88. The van der Waals surface area contributed by atoms with E-state index in [1.807, 2.05) is 55.4 Å². The molecule has 0 bridgehead atoms. The van der Waals surface area contributed by atoms with Crippen LogP contribution in [0.4, 0.5) is 15.9 Å². The van der Waals surface area contributed by atoms with E-state index in [9.17, 15) is 4.39 Å². The number of aromatic nitrogens is 3. The van der Waals surface area contributed by atoms with E-state index in [1.54, 1.807) is 13.0 Å². The first-order valence-corrected chi connectivity index (χ1v) is 8.89. The van der Waals surface area contributed by atoms with Gasteiger partial charge in [-0.25, -0.2) is 19.3 Å². The predicted molar refractivity (Wildman–Crippen MR) is 112 cm³/mol. The van der Waals surface area contributed by atoms with Crippen molar-refractivity contribution in [3.63, 3.8) is 0 Å². The Morgan fingerprint density at radius 3 is 2.32 bits per heavy atom. The van der Waals surface area contributed by atoms with E-state index in [4.69, 9.17) is 10.7 Å². The maximum atomic E-state index is 14.3. The molecule has 0 aliphatic heterocycles. The summed E-state index contributed by atoms with van der Waals surface area (Å²) >= 11 is 0. The molecule has 4 rings (SSSR count). The summed E-state index contributed by atoms with van der Waals surface area (Å²) in [5.74, 6) is 0.0876. The molecule has 0 unspecified atom stereocenters. The van der Waals surface area contributed by atoms with Crippen molar-refractivity contribution in [2.24, 2.45) is 0 Å². The van der Waals surface area contributed by atoms with Crippen LogP contribution in [0.1, 0.15) is 5.56 Å². The van der Waals surface area contributed by atoms with Crippen molar-refractivity contribution in [1.29, 1.82) is 0 Å². The van der Waals surface area contributed by atoms with Crippen molar-refractivity contribution in [1.82, 2.24) is 15.0 Å². The minimum atomic E-state index is -0.260. The molecule has 0 radical (unpaired) electrons. The smallest absolute Gasteiger partial charge is 0.165 e. The summed E-state index contributed by atoms with van der Waals surface area (Å²) in [5.41, 5.74) is 11.4. The third kappa shape index (κ3) is 3.13. The maximum absolute atomic E-state index is 14.3. The van der Waals surface area contributed by atoms with Crippen LogP contribution in [-0.2, 0) is 0 Å². The summed E-state index contributed by atoms with van der Waals surface area (Å²) in [4.78, 5) is 15.1. The number of hydrogen-bond donors (Lipinski definition) is 1. The van der Waals surface area contributed by atoms with Gasteiger partial charge < -0.3 is 10.6 Å². The number of hydrogen-bond acceptors (Lipinski definition) is 5. The zero-order valence-corrected chi connectivity index (χ0v) is 15.9. The number of benzene rings is 2. The number of nitrogen functional groups attached to an aromatic ring is 1. The van der Waals surface area contributed by atoms with Gasteiger partial charge in [0.2, 0.25) is 0 Å². The van der Waals surface area contributed by atoms with Crippen molar-refractivity contribution in [3.05, 3.63) is 66.2 Å². The topological polar surface area (TPSA) is 67.9 Å². The SMILES string of the molecule is Cc1ccc(-c2cc3c(N)ncnc3nc2-c2ccc(N(C)C)cc2)cc1F. The molecule has 28 heavy (non-hydrogen) atoms. The fourth-order valence-electron chi connectivity index (χ4n) is 3.12. The average Bonchev–Trinajstić information content (AvgIpc) is 2.69. The van der Waals surface area contributed by atoms with Crippen LogP contribution in [0, 0.1) is 12.7 Å². The highest BCUT2D eigenvalue weighted by Crippen LogP contribution is 2.35. The Balaban J connectivity index is 1.98. The molecule has 4 aromatic rings. The van der Waals surface area contributed by atoms with Crippen LogP contribution in [0.5, 0.6) is 0 Å². The van der Waals surface area contributed by atoms with Gasteiger partial charge in [-0.3, -0.25) is 0 Å². The van der Waals surface area contributed by atoms with Crippen LogP contribution < -0.4 is 10.6 Å². The molecule has 2 heterocycles. The molecule has 140 valence electrons. The Hall–Kier alpha value is -3.54. The normalized spacial score (nSPS) is 11.0. The molecular weight excluding hydrogens is 353 g/mol. The van der Waals surface area contributed by atoms with Crippen LogP contribution in [0.2, 0.25) is 0 Å². The van der Waals surface area contributed by atoms with E-state index in [-0.39, 0.29) is 5.82 Å². The van der Waals surface area contributed by atoms with E-state index in [0.29, 0.717) is 22.4 Å². The van der Waals surface area contributed by atoms with Gasteiger partial charge in [-0.2, -0.15) is 0 Å². The first kappa shape index (κ1) is 17.9. The molecule has 0 spiro atoms. The molecule has 0 atom stereocenters. The van der Waals surface area contributed by atoms with Crippen LogP contribution in [0.25, 0.3) is 33.4 Å². The fourth-order valence-corrected chi connectivity index (χ4v) is 3.12. The summed E-state index contributed by atoms with van der Waals surface area (Å²) < 4.78 is 14.3. The third-order valence-electron chi connectivity index (χ3n) is 4.80. The first-order valence-electron chi connectivity index (χ1n) is 8.89. The summed E-state index contributed by atoms with van der Waals surface area (Å²) in [6.07, 6.45) is 1.40. The van der Waals surface area contributed by atoms with Crippen molar-refractivity contribution >= 4 is 22.5 Å². The lowest BCUT2D eigenvalue weighted by atomic mass is 9.97. The molecule has 0 fully saturated rings. The highest BCUT2D eigenvalue weighted by molar-refractivity contribution is 5.94. The highest BCUT2D eigenvalue weighted by Gasteiger charge is 2.15. The number of anilines is 2. The maximum Gasteiger partial charge on any atom is 0.165 e. The summed E-state index contributed by atoms with van der Waals surface area (Å²) in [6.45, 7) is 1.74. The van der Waals surface area contributed by atoms with Crippen molar-refractivity contribution in [3.8, 4) is 22.4 Å². The lowest BCUT2D eigenvalue weighted by Gasteiger charge is -2.15. The van der Waals surface area contributed by atoms with E-state index < -0.39 is 0 Å². The summed E-state index contributed by atoms with van der Waals surface area (Å²) in [6, 6.07) is 15.1. The molecule has 5 nitrogen and oxygen atoms in total.